The van der Waals surface area contributed by atoms with Crippen LogP contribution in [0.25, 0.3) is 0 Å². The molecule has 0 saturated heterocycles. The molecule has 1 aromatic rings. The average molecular weight is 648 g/mol. The summed E-state index contributed by atoms with van der Waals surface area (Å²) in [5.41, 5.74) is 6.06. The molecule has 14 heteroatoms. The number of nitrogens with zero attached hydrogens (tertiary/aromatic N) is 2. The SMILES string of the molecule is CNC(=O)[C@H](CCCNC(=O)OC(C)(C)C)N(C(=O)C(CCCN1C(=O)c2ccccc2C1=O)SC(C)=O)C(=O)[C@@H](N)C(C)C. The number of nitrogens with one attached hydrogen (secondary N) is 2. The Hall–Kier alpha value is -3.78. The highest BCUT2D eigenvalue weighted by Gasteiger charge is 2.41. The Morgan fingerprint density at radius 1 is 0.978 bits per heavy atom. The first-order valence-corrected chi connectivity index (χ1v) is 15.8. The number of alkyl carbamates (subject to hydrolysis) is 1. The number of benzene rings is 1. The van der Waals surface area contributed by atoms with Gasteiger partial charge in [-0.3, -0.25) is 38.6 Å². The van der Waals surface area contributed by atoms with Crippen LogP contribution >= 0.6 is 11.8 Å². The molecule has 2 rings (SSSR count). The number of carbonyl (C=O) groups is 7. The number of likely N-dealkylation sites (N-methyl/N-ethyl adjacent to an activating group) is 1. The fourth-order valence-corrected chi connectivity index (χ4v) is 5.57. The van der Waals surface area contributed by atoms with Crippen molar-refractivity contribution in [2.24, 2.45) is 11.7 Å². The van der Waals surface area contributed by atoms with Crippen LogP contribution in [0.3, 0.4) is 0 Å². The maximum absolute atomic E-state index is 14.1. The maximum Gasteiger partial charge on any atom is 0.407 e. The lowest BCUT2D eigenvalue weighted by molar-refractivity contribution is -0.153. The minimum Gasteiger partial charge on any atom is -0.444 e. The van der Waals surface area contributed by atoms with Crippen molar-refractivity contribution in [1.29, 1.82) is 0 Å². The van der Waals surface area contributed by atoms with Gasteiger partial charge in [-0.05, 0) is 64.5 Å². The summed E-state index contributed by atoms with van der Waals surface area (Å²) in [5.74, 6) is -3.46. The zero-order chi connectivity index (χ0) is 34.1. The molecule has 1 aromatic carbocycles. The summed E-state index contributed by atoms with van der Waals surface area (Å²) in [5, 5.41) is 3.58. The number of hydrogen-bond donors (Lipinski definition) is 3. The Labute approximate surface area is 268 Å². The molecule has 1 heterocycles. The van der Waals surface area contributed by atoms with Crippen LogP contribution in [0.15, 0.2) is 24.3 Å². The molecule has 0 spiro atoms. The van der Waals surface area contributed by atoms with Gasteiger partial charge in [-0.25, -0.2) is 4.79 Å². The molecule has 1 aliphatic heterocycles. The van der Waals surface area contributed by atoms with Gasteiger partial charge in [0, 0.05) is 27.1 Å². The molecular formula is C31H45N5O8S. The van der Waals surface area contributed by atoms with Gasteiger partial charge in [0.15, 0.2) is 5.12 Å². The predicted molar refractivity (Wildman–Crippen MR) is 169 cm³/mol. The first kappa shape index (κ1) is 37.4. The molecule has 0 saturated carbocycles. The van der Waals surface area contributed by atoms with Crippen LogP contribution in [0.4, 0.5) is 4.79 Å². The zero-order valence-corrected chi connectivity index (χ0v) is 27.8. The number of hydrogen-bond acceptors (Lipinski definition) is 10. The van der Waals surface area contributed by atoms with Gasteiger partial charge in [0.2, 0.25) is 17.7 Å². The summed E-state index contributed by atoms with van der Waals surface area (Å²) >= 11 is 0.702. The minimum absolute atomic E-state index is 0.00966. The van der Waals surface area contributed by atoms with Crippen molar-refractivity contribution in [3.05, 3.63) is 35.4 Å². The third kappa shape index (κ3) is 10.4. The molecule has 1 aliphatic rings. The summed E-state index contributed by atoms with van der Waals surface area (Å²) in [6, 6.07) is 4.05. The summed E-state index contributed by atoms with van der Waals surface area (Å²) in [6.45, 7) is 9.93. The Balaban J connectivity index is 2.28. The van der Waals surface area contributed by atoms with Gasteiger partial charge in [0.25, 0.3) is 11.8 Å². The summed E-state index contributed by atoms with van der Waals surface area (Å²) in [4.78, 5) is 92.7. The smallest absolute Gasteiger partial charge is 0.407 e. The van der Waals surface area contributed by atoms with Crippen LogP contribution in [0.1, 0.15) is 87.9 Å². The summed E-state index contributed by atoms with van der Waals surface area (Å²) < 4.78 is 5.22. The summed E-state index contributed by atoms with van der Waals surface area (Å²) in [6.07, 6.45) is -0.274. The number of rotatable bonds is 14. The molecule has 0 aromatic heterocycles. The Kier molecular flexibility index (Phi) is 13.7. The van der Waals surface area contributed by atoms with Crippen LogP contribution in [0.2, 0.25) is 0 Å². The second kappa shape index (κ2) is 16.5. The van der Waals surface area contributed by atoms with Crippen molar-refractivity contribution in [2.75, 3.05) is 20.1 Å². The van der Waals surface area contributed by atoms with E-state index in [0.29, 0.717) is 22.9 Å². The van der Waals surface area contributed by atoms with Gasteiger partial charge in [-0.1, -0.05) is 37.7 Å². The molecule has 6 amide bonds. The Morgan fingerprint density at radius 3 is 2.04 bits per heavy atom. The lowest BCUT2D eigenvalue weighted by Crippen LogP contribution is -2.59. The van der Waals surface area contributed by atoms with E-state index in [-0.39, 0.29) is 44.7 Å². The zero-order valence-electron chi connectivity index (χ0n) is 27.0. The lowest BCUT2D eigenvalue weighted by atomic mass is 10.00. The molecule has 13 nitrogen and oxygen atoms in total. The highest BCUT2D eigenvalue weighted by Crippen LogP contribution is 2.26. The number of carbonyl (C=O) groups excluding carboxylic acids is 7. The standard InChI is InChI=1S/C31H45N5O8S/c1-18(2)24(32)29(42)36(22(25(38)33-7)14-10-16-34-30(43)44-31(4,5)6)28(41)23(45-19(3)37)15-11-17-35-26(39)20-12-8-9-13-21(20)27(35)40/h8-9,12-13,18,22-24H,10-11,14-17,32H2,1-7H3,(H,33,38)(H,34,43)/t22-,23?,24-/m0/s1. The van der Waals surface area contributed by atoms with Crippen molar-refractivity contribution in [3.8, 4) is 0 Å². The number of ether oxygens (including phenoxy) is 1. The maximum atomic E-state index is 14.1. The molecule has 3 atom stereocenters. The minimum atomic E-state index is -1.29. The van der Waals surface area contributed by atoms with Gasteiger partial charge in [0.1, 0.15) is 11.6 Å². The van der Waals surface area contributed by atoms with E-state index in [1.54, 1.807) is 58.9 Å². The van der Waals surface area contributed by atoms with E-state index in [1.807, 2.05) is 0 Å². The van der Waals surface area contributed by atoms with Crippen molar-refractivity contribution in [1.82, 2.24) is 20.4 Å². The monoisotopic (exact) mass is 647 g/mol. The van der Waals surface area contributed by atoms with Crippen molar-refractivity contribution >= 4 is 52.5 Å². The van der Waals surface area contributed by atoms with Crippen molar-refractivity contribution in [3.63, 3.8) is 0 Å². The van der Waals surface area contributed by atoms with Gasteiger partial charge in [-0.15, -0.1) is 0 Å². The van der Waals surface area contributed by atoms with Crippen LogP contribution < -0.4 is 16.4 Å². The topological polar surface area (TPSA) is 185 Å². The summed E-state index contributed by atoms with van der Waals surface area (Å²) in [7, 11) is 1.37. The lowest BCUT2D eigenvalue weighted by Gasteiger charge is -2.34. The normalized spacial score (nSPS) is 14.8. The second-order valence-electron chi connectivity index (χ2n) is 12.1. The average Bonchev–Trinajstić information content (AvgIpc) is 3.20. The van der Waals surface area contributed by atoms with Crippen LogP contribution in [-0.4, -0.2) is 93.6 Å². The molecular weight excluding hydrogens is 602 g/mol. The number of thioether (sulfide) groups is 1. The van der Waals surface area contributed by atoms with Crippen molar-refractivity contribution < 1.29 is 38.3 Å². The predicted octanol–water partition coefficient (Wildman–Crippen LogP) is 2.47. The van der Waals surface area contributed by atoms with Crippen LogP contribution in [0.5, 0.6) is 0 Å². The fraction of sp³-hybridized carbons (Fsp3) is 0.581. The fourth-order valence-electron chi connectivity index (χ4n) is 4.67. The van der Waals surface area contributed by atoms with E-state index in [1.165, 1.54) is 14.0 Å². The van der Waals surface area contributed by atoms with E-state index in [0.717, 1.165) is 9.80 Å². The molecule has 0 aliphatic carbocycles. The van der Waals surface area contributed by atoms with Crippen LogP contribution in [0, 0.1) is 5.92 Å². The molecule has 0 fully saturated rings. The first-order chi connectivity index (χ1) is 21.0. The largest absolute Gasteiger partial charge is 0.444 e. The molecule has 0 radical (unpaired) electrons. The van der Waals surface area contributed by atoms with E-state index >= 15 is 0 Å². The molecule has 248 valence electrons. The van der Waals surface area contributed by atoms with Gasteiger partial charge < -0.3 is 21.1 Å². The quantitative estimate of drug-likeness (QED) is 0.200. The number of nitrogens with two attached hydrogens (primary N) is 1. The third-order valence-corrected chi connectivity index (χ3v) is 8.03. The molecule has 4 N–H and O–H groups in total. The van der Waals surface area contributed by atoms with E-state index < -0.39 is 63.7 Å². The van der Waals surface area contributed by atoms with Gasteiger partial charge in [-0.2, -0.15) is 0 Å². The van der Waals surface area contributed by atoms with Crippen LogP contribution in [-0.2, 0) is 23.9 Å². The second-order valence-corrected chi connectivity index (χ2v) is 13.4. The van der Waals surface area contributed by atoms with Gasteiger partial charge >= 0.3 is 6.09 Å². The highest BCUT2D eigenvalue weighted by atomic mass is 32.2. The van der Waals surface area contributed by atoms with E-state index in [4.69, 9.17) is 10.5 Å². The van der Waals surface area contributed by atoms with Crippen molar-refractivity contribution in [2.45, 2.75) is 90.2 Å². The Bertz CT molecular complexity index is 1260. The Morgan fingerprint density at radius 2 is 1.56 bits per heavy atom. The highest BCUT2D eigenvalue weighted by molar-refractivity contribution is 8.14. The number of imide groups is 2. The van der Waals surface area contributed by atoms with Gasteiger partial charge in [0.05, 0.1) is 22.4 Å². The first-order valence-electron chi connectivity index (χ1n) is 14.9. The number of amides is 6. The molecule has 45 heavy (non-hydrogen) atoms. The molecule has 1 unspecified atom stereocenters. The third-order valence-electron chi connectivity index (χ3n) is 6.97. The number of fused-ring (bicyclic) bond motifs is 1. The van der Waals surface area contributed by atoms with E-state index in [9.17, 15) is 33.6 Å². The van der Waals surface area contributed by atoms with E-state index in [2.05, 4.69) is 10.6 Å². The molecule has 0 bridgehead atoms.